The highest BCUT2D eigenvalue weighted by atomic mass is 32.2. The summed E-state index contributed by atoms with van der Waals surface area (Å²) >= 11 is 1.55. The second-order valence-electron chi connectivity index (χ2n) is 5.48. The summed E-state index contributed by atoms with van der Waals surface area (Å²) in [6.45, 7) is 2.04. The quantitative estimate of drug-likeness (QED) is 0.791. The molecule has 0 aliphatic heterocycles. The van der Waals surface area contributed by atoms with Crippen LogP contribution in [0.5, 0.6) is 0 Å². The van der Waals surface area contributed by atoms with Crippen molar-refractivity contribution in [3.8, 4) is 0 Å². The van der Waals surface area contributed by atoms with Gasteiger partial charge < -0.3 is 5.32 Å². The van der Waals surface area contributed by atoms with Crippen LogP contribution in [0.15, 0.2) is 48.5 Å². The Balaban J connectivity index is 1.79. The number of anilines is 2. The van der Waals surface area contributed by atoms with Crippen LogP contribution in [0.25, 0.3) is 0 Å². The van der Waals surface area contributed by atoms with E-state index in [1.165, 1.54) is 11.1 Å². The fraction of sp³-hybridized carbons (Fsp3) is 0.235. The van der Waals surface area contributed by atoms with Gasteiger partial charge in [-0.1, -0.05) is 29.8 Å². The number of thioether (sulfide) groups is 1. The maximum absolute atomic E-state index is 11.9. The van der Waals surface area contributed by atoms with Crippen LogP contribution in [-0.2, 0) is 20.6 Å². The van der Waals surface area contributed by atoms with Gasteiger partial charge in [-0.15, -0.1) is 11.8 Å². The van der Waals surface area contributed by atoms with Crippen LogP contribution in [0.2, 0.25) is 0 Å². The number of carbonyl (C=O) groups is 1. The molecular weight excluding hydrogens is 344 g/mol. The van der Waals surface area contributed by atoms with Gasteiger partial charge in [0, 0.05) is 17.1 Å². The van der Waals surface area contributed by atoms with E-state index in [9.17, 15) is 13.2 Å². The Morgan fingerprint density at radius 2 is 1.75 bits per heavy atom. The molecule has 2 rings (SSSR count). The molecule has 1 amide bonds. The van der Waals surface area contributed by atoms with Crippen LogP contribution in [-0.4, -0.2) is 26.3 Å². The summed E-state index contributed by atoms with van der Waals surface area (Å²) in [5, 5.41) is 2.79. The molecular formula is C17H20N2O3S2. The van der Waals surface area contributed by atoms with Gasteiger partial charge >= 0.3 is 0 Å². The van der Waals surface area contributed by atoms with Gasteiger partial charge in [-0.2, -0.15) is 0 Å². The molecule has 0 saturated carbocycles. The minimum Gasteiger partial charge on any atom is -0.325 e. The number of aryl methyl sites for hydroxylation is 1. The summed E-state index contributed by atoms with van der Waals surface area (Å²) in [4.78, 5) is 11.9. The SMILES string of the molecule is Cc1cccc(CSCC(=O)Nc2ccc(NS(C)(=O)=O)cc2)c1. The first-order valence-corrected chi connectivity index (χ1v) is 10.4. The second-order valence-corrected chi connectivity index (χ2v) is 8.22. The molecule has 0 saturated heterocycles. The van der Waals surface area contributed by atoms with E-state index in [1.54, 1.807) is 36.0 Å². The lowest BCUT2D eigenvalue weighted by Crippen LogP contribution is -2.14. The fourth-order valence-corrected chi connectivity index (χ4v) is 3.44. The van der Waals surface area contributed by atoms with Crippen molar-refractivity contribution in [3.63, 3.8) is 0 Å². The van der Waals surface area contributed by atoms with Gasteiger partial charge in [0.15, 0.2) is 0 Å². The highest BCUT2D eigenvalue weighted by Crippen LogP contribution is 2.16. The van der Waals surface area contributed by atoms with Gasteiger partial charge in [-0.25, -0.2) is 8.42 Å². The van der Waals surface area contributed by atoms with E-state index in [0.29, 0.717) is 17.1 Å². The molecule has 128 valence electrons. The van der Waals surface area contributed by atoms with E-state index >= 15 is 0 Å². The highest BCUT2D eigenvalue weighted by molar-refractivity contribution is 7.99. The summed E-state index contributed by atoms with van der Waals surface area (Å²) in [5.74, 6) is 1.06. The van der Waals surface area contributed by atoms with E-state index in [0.717, 1.165) is 12.0 Å². The number of hydrogen-bond acceptors (Lipinski definition) is 4. The highest BCUT2D eigenvalue weighted by Gasteiger charge is 2.05. The third kappa shape index (κ3) is 6.64. The zero-order chi connectivity index (χ0) is 17.6. The topological polar surface area (TPSA) is 75.3 Å². The first kappa shape index (κ1) is 18.4. The molecule has 0 aromatic heterocycles. The number of carbonyl (C=O) groups excluding carboxylic acids is 1. The van der Waals surface area contributed by atoms with E-state index in [1.807, 2.05) is 25.1 Å². The van der Waals surface area contributed by atoms with Gasteiger partial charge in [0.1, 0.15) is 0 Å². The van der Waals surface area contributed by atoms with Crippen LogP contribution in [0.3, 0.4) is 0 Å². The molecule has 0 heterocycles. The zero-order valence-electron chi connectivity index (χ0n) is 13.6. The maximum Gasteiger partial charge on any atom is 0.234 e. The molecule has 0 atom stereocenters. The minimum atomic E-state index is -3.30. The fourth-order valence-electron chi connectivity index (χ4n) is 2.10. The third-order valence-corrected chi connectivity index (χ3v) is 4.67. The Labute approximate surface area is 146 Å². The van der Waals surface area contributed by atoms with Crippen LogP contribution in [0.4, 0.5) is 11.4 Å². The summed E-state index contributed by atoms with van der Waals surface area (Å²) in [6.07, 6.45) is 1.09. The predicted octanol–water partition coefficient (Wildman–Crippen LogP) is 3.24. The van der Waals surface area contributed by atoms with E-state index in [-0.39, 0.29) is 5.91 Å². The number of benzene rings is 2. The van der Waals surface area contributed by atoms with Crippen molar-refractivity contribution in [1.29, 1.82) is 0 Å². The molecule has 0 spiro atoms. The Bertz CT molecular complexity index is 803. The molecule has 0 unspecified atom stereocenters. The lowest BCUT2D eigenvalue weighted by Gasteiger charge is -2.08. The maximum atomic E-state index is 11.9. The molecule has 0 aliphatic rings. The monoisotopic (exact) mass is 364 g/mol. The number of nitrogens with one attached hydrogen (secondary N) is 2. The van der Waals surface area contributed by atoms with Crippen LogP contribution in [0.1, 0.15) is 11.1 Å². The zero-order valence-corrected chi connectivity index (χ0v) is 15.2. The third-order valence-electron chi connectivity index (χ3n) is 3.06. The molecule has 7 heteroatoms. The van der Waals surface area contributed by atoms with Gasteiger partial charge in [0.2, 0.25) is 15.9 Å². The van der Waals surface area contributed by atoms with Crippen molar-refractivity contribution in [1.82, 2.24) is 0 Å². The second kappa shape index (κ2) is 8.21. The van der Waals surface area contributed by atoms with Crippen molar-refractivity contribution in [2.75, 3.05) is 22.0 Å². The Morgan fingerprint density at radius 3 is 2.38 bits per heavy atom. The van der Waals surface area contributed by atoms with Gasteiger partial charge in [0.05, 0.1) is 12.0 Å². The largest absolute Gasteiger partial charge is 0.325 e. The average Bonchev–Trinajstić information content (AvgIpc) is 2.48. The predicted molar refractivity (Wildman–Crippen MR) is 101 cm³/mol. The van der Waals surface area contributed by atoms with E-state index < -0.39 is 10.0 Å². The Hall–Kier alpha value is -1.99. The lowest BCUT2D eigenvalue weighted by atomic mass is 10.2. The average molecular weight is 364 g/mol. The molecule has 2 N–H and O–H groups in total. The summed E-state index contributed by atoms with van der Waals surface area (Å²) in [7, 11) is -3.30. The Morgan fingerprint density at radius 1 is 1.08 bits per heavy atom. The normalized spacial score (nSPS) is 11.1. The standard InChI is InChI=1S/C17H20N2O3S2/c1-13-4-3-5-14(10-13)11-23-12-17(20)18-15-6-8-16(9-7-15)19-24(2,21)22/h3-10,19H,11-12H2,1-2H3,(H,18,20). The van der Waals surface area contributed by atoms with Gasteiger partial charge in [-0.3, -0.25) is 9.52 Å². The van der Waals surface area contributed by atoms with E-state index in [2.05, 4.69) is 16.1 Å². The van der Waals surface area contributed by atoms with Crippen LogP contribution >= 0.6 is 11.8 Å². The molecule has 0 bridgehead atoms. The van der Waals surface area contributed by atoms with Crippen molar-refractivity contribution < 1.29 is 13.2 Å². The van der Waals surface area contributed by atoms with Gasteiger partial charge in [-0.05, 0) is 36.8 Å². The van der Waals surface area contributed by atoms with Crippen molar-refractivity contribution in [2.24, 2.45) is 0 Å². The minimum absolute atomic E-state index is 0.0866. The molecule has 5 nitrogen and oxygen atoms in total. The van der Waals surface area contributed by atoms with Crippen molar-refractivity contribution >= 4 is 39.1 Å². The summed E-state index contributed by atoms with van der Waals surface area (Å²) in [5.41, 5.74) is 3.50. The van der Waals surface area contributed by atoms with Crippen molar-refractivity contribution in [2.45, 2.75) is 12.7 Å². The van der Waals surface area contributed by atoms with E-state index in [4.69, 9.17) is 0 Å². The molecule has 0 radical (unpaired) electrons. The molecule has 0 fully saturated rings. The first-order chi connectivity index (χ1) is 11.3. The van der Waals surface area contributed by atoms with Gasteiger partial charge in [0.25, 0.3) is 0 Å². The lowest BCUT2D eigenvalue weighted by molar-refractivity contribution is -0.113. The number of rotatable bonds is 7. The molecule has 2 aromatic carbocycles. The summed E-state index contributed by atoms with van der Waals surface area (Å²) in [6, 6.07) is 14.8. The number of amides is 1. The molecule has 24 heavy (non-hydrogen) atoms. The molecule has 2 aromatic rings. The molecule has 0 aliphatic carbocycles. The first-order valence-electron chi connectivity index (χ1n) is 7.33. The number of sulfonamides is 1. The number of hydrogen-bond donors (Lipinski definition) is 2. The van der Waals surface area contributed by atoms with Crippen molar-refractivity contribution in [3.05, 3.63) is 59.7 Å². The summed E-state index contributed by atoms with van der Waals surface area (Å²) < 4.78 is 24.6. The van der Waals surface area contributed by atoms with Crippen LogP contribution < -0.4 is 10.0 Å². The smallest absolute Gasteiger partial charge is 0.234 e. The Kier molecular flexibility index (Phi) is 6.28. The van der Waals surface area contributed by atoms with Crippen LogP contribution in [0, 0.1) is 6.92 Å².